The molecule has 0 amide bonds. The first-order chi connectivity index (χ1) is 7.11. The highest BCUT2D eigenvalue weighted by Crippen LogP contribution is 2.24. The molecule has 0 unspecified atom stereocenters. The number of aryl methyl sites for hydroxylation is 1. The van der Waals surface area contributed by atoms with E-state index in [1.54, 1.807) is 6.07 Å². The first kappa shape index (κ1) is 10.1. The highest BCUT2D eigenvalue weighted by molar-refractivity contribution is 6.31. The fraction of sp³-hybridized carbons (Fsp3) is 0.182. The molecule has 3 nitrogen and oxygen atoms in total. The van der Waals surface area contributed by atoms with Crippen LogP contribution < -0.4 is 0 Å². The van der Waals surface area contributed by atoms with Crippen LogP contribution in [-0.4, -0.2) is 18.1 Å². The molecule has 0 aliphatic rings. The van der Waals surface area contributed by atoms with Gasteiger partial charge in [-0.05, 0) is 30.7 Å². The predicted molar refractivity (Wildman–Crippen MR) is 59.4 cm³/mol. The average molecular weight is 224 g/mol. The number of hydrogen-bond acceptors (Lipinski definition) is 2. The topological polar surface area (TPSA) is 42.1 Å². The van der Waals surface area contributed by atoms with Crippen LogP contribution in [0.2, 0.25) is 5.02 Å². The van der Waals surface area contributed by atoms with Crippen LogP contribution in [0.3, 0.4) is 0 Å². The highest BCUT2D eigenvalue weighted by atomic mass is 35.5. The van der Waals surface area contributed by atoms with Crippen LogP contribution in [-0.2, 0) is 4.74 Å². The van der Waals surface area contributed by atoms with E-state index in [0.29, 0.717) is 10.7 Å². The number of hydrogen-bond donors (Lipinski definition) is 1. The molecule has 0 aliphatic carbocycles. The van der Waals surface area contributed by atoms with Gasteiger partial charge >= 0.3 is 5.97 Å². The molecule has 1 heterocycles. The Bertz CT molecular complexity index is 531. The Hall–Kier alpha value is -1.48. The monoisotopic (exact) mass is 223 g/mol. The number of benzene rings is 1. The van der Waals surface area contributed by atoms with Gasteiger partial charge in [0, 0.05) is 15.9 Å². The molecule has 0 saturated carbocycles. The Morgan fingerprint density at radius 3 is 2.80 bits per heavy atom. The summed E-state index contributed by atoms with van der Waals surface area (Å²) in [5.41, 5.74) is 2.37. The van der Waals surface area contributed by atoms with Crippen LogP contribution in [0.5, 0.6) is 0 Å². The zero-order valence-corrected chi connectivity index (χ0v) is 9.18. The smallest absolute Gasteiger partial charge is 0.354 e. The summed E-state index contributed by atoms with van der Waals surface area (Å²) in [6, 6.07) is 5.40. The molecule has 78 valence electrons. The minimum absolute atomic E-state index is 0.373. The number of H-pyrrole nitrogens is 1. The number of halogens is 1. The van der Waals surface area contributed by atoms with Crippen molar-refractivity contribution >= 4 is 28.5 Å². The largest absolute Gasteiger partial charge is 0.464 e. The van der Waals surface area contributed by atoms with Crippen LogP contribution in [0.15, 0.2) is 18.2 Å². The number of esters is 1. The first-order valence-corrected chi connectivity index (χ1v) is 4.87. The van der Waals surface area contributed by atoms with Crippen molar-refractivity contribution in [1.29, 1.82) is 0 Å². The summed E-state index contributed by atoms with van der Waals surface area (Å²) in [6.45, 7) is 1.94. The Balaban J connectivity index is 2.65. The number of rotatable bonds is 1. The minimum Gasteiger partial charge on any atom is -0.464 e. The van der Waals surface area contributed by atoms with Gasteiger partial charge in [-0.25, -0.2) is 4.79 Å². The molecule has 2 aromatic rings. The Morgan fingerprint density at radius 2 is 2.13 bits per heavy atom. The third-order valence-corrected chi connectivity index (χ3v) is 2.51. The lowest BCUT2D eigenvalue weighted by Gasteiger charge is -1.96. The Morgan fingerprint density at radius 1 is 1.40 bits per heavy atom. The van der Waals surface area contributed by atoms with E-state index in [4.69, 9.17) is 11.6 Å². The summed E-state index contributed by atoms with van der Waals surface area (Å²) in [6.07, 6.45) is 0. The molecule has 1 aromatic heterocycles. The second-order valence-corrected chi connectivity index (χ2v) is 3.80. The van der Waals surface area contributed by atoms with Crippen molar-refractivity contribution < 1.29 is 9.53 Å². The number of methoxy groups -OCH3 is 1. The van der Waals surface area contributed by atoms with Crippen molar-refractivity contribution in [3.8, 4) is 0 Å². The Kier molecular flexibility index (Phi) is 2.40. The van der Waals surface area contributed by atoms with E-state index >= 15 is 0 Å². The quantitative estimate of drug-likeness (QED) is 0.756. The molecule has 4 heteroatoms. The molecule has 0 atom stereocenters. The van der Waals surface area contributed by atoms with Gasteiger partial charge < -0.3 is 9.72 Å². The van der Waals surface area contributed by atoms with Crippen LogP contribution in [0.4, 0.5) is 0 Å². The molecule has 0 saturated heterocycles. The lowest BCUT2D eigenvalue weighted by molar-refractivity contribution is 0.0595. The maximum atomic E-state index is 11.3. The van der Waals surface area contributed by atoms with Gasteiger partial charge in [-0.1, -0.05) is 11.6 Å². The minimum atomic E-state index is -0.373. The molecule has 0 fully saturated rings. The number of carbonyl (C=O) groups excluding carboxylic acids is 1. The fourth-order valence-corrected chi connectivity index (χ4v) is 1.88. The third kappa shape index (κ3) is 1.70. The maximum Gasteiger partial charge on any atom is 0.354 e. The lowest BCUT2D eigenvalue weighted by atomic mass is 10.2. The molecular weight excluding hydrogens is 214 g/mol. The summed E-state index contributed by atoms with van der Waals surface area (Å²) >= 11 is 5.92. The summed E-state index contributed by atoms with van der Waals surface area (Å²) in [5, 5.41) is 1.58. The fourth-order valence-electron chi connectivity index (χ4n) is 1.60. The van der Waals surface area contributed by atoms with E-state index in [1.165, 1.54) is 7.11 Å². The molecular formula is C11H10ClNO2. The second kappa shape index (κ2) is 3.59. The standard InChI is InChI=1S/C11H10ClNO2/c1-6-3-8(12)4-7-5-9(11(14)15-2)13-10(6)7/h3-5,13H,1-2H3. The summed E-state index contributed by atoms with van der Waals surface area (Å²) in [5.74, 6) is -0.373. The maximum absolute atomic E-state index is 11.3. The highest BCUT2D eigenvalue weighted by Gasteiger charge is 2.10. The van der Waals surface area contributed by atoms with Gasteiger partial charge in [0.15, 0.2) is 0 Å². The SMILES string of the molecule is COC(=O)c1cc2cc(Cl)cc(C)c2[nH]1. The number of carbonyl (C=O) groups is 1. The van der Waals surface area contributed by atoms with Crippen molar-refractivity contribution in [3.05, 3.63) is 34.5 Å². The molecule has 0 spiro atoms. The third-order valence-electron chi connectivity index (χ3n) is 2.30. The molecule has 2 rings (SSSR count). The van der Waals surface area contributed by atoms with Crippen molar-refractivity contribution in [2.24, 2.45) is 0 Å². The molecule has 0 aliphatic heterocycles. The number of ether oxygens (including phenoxy) is 1. The van der Waals surface area contributed by atoms with Gasteiger partial charge in [-0.3, -0.25) is 0 Å². The van der Waals surface area contributed by atoms with Gasteiger partial charge in [0.2, 0.25) is 0 Å². The van der Waals surface area contributed by atoms with Crippen molar-refractivity contribution in [1.82, 2.24) is 4.98 Å². The van der Waals surface area contributed by atoms with Crippen LogP contribution in [0, 0.1) is 6.92 Å². The van der Waals surface area contributed by atoms with Gasteiger partial charge in [0.05, 0.1) is 7.11 Å². The van der Waals surface area contributed by atoms with E-state index in [9.17, 15) is 4.79 Å². The van der Waals surface area contributed by atoms with E-state index in [0.717, 1.165) is 16.5 Å². The summed E-state index contributed by atoms with van der Waals surface area (Å²) in [4.78, 5) is 14.3. The van der Waals surface area contributed by atoms with Crippen molar-refractivity contribution in [3.63, 3.8) is 0 Å². The summed E-state index contributed by atoms with van der Waals surface area (Å²) < 4.78 is 4.63. The van der Waals surface area contributed by atoms with Crippen molar-refractivity contribution in [2.45, 2.75) is 6.92 Å². The number of aromatic nitrogens is 1. The zero-order valence-electron chi connectivity index (χ0n) is 8.43. The van der Waals surface area contributed by atoms with Crippen LogP contribution in [0.25, 0.3) is 10.9 Å². The van der Waals surface area contributed by atoms with E-state index in [1.807, 2.05) is 19.1 Å². The predicted octanol–water partition coefficient (Wildman–Crippen LogP) is 2.92. The average Bonchev–Trinajstić information content (AvgIpc) is 2.60. The number of fused-ring (bicyclic) bond motifs is 1. The van der Waals surface area contributed by atoms with Crippen LogP contribution in [0.1, 0.15) is 16.1 Å². The van der Waals surface area contributed by atoms with Crippen molar-refractivity contribution in [2.75, 3.05) is 7.11 Å². The second-order valence-electron chi connectivity index (χ2n) is 3.36. The number of aromatic amines is 1. The molecule has 0 bridgehead atoms. The van der Waals surface area contributed by atoms with Crippen LogP contribution >= 0.6 is 11.6 Å². The summed E-state index contributed by atoms with van der Waals surface area (Å²) in [7, 11) is 1.35. The van der Waals surface area contributed by atoms with E-state index in [2.05, 4.69) is 9.72 Å². The molecule has 0 radical (unpaired) electrons. The van der Waals surface area contributed by atoms with Gasteiger partial charge in [0.25, 0.3) is 0 Å². The Labute approximate surface area is 92.0 Å². The molecule has 1 aromatic carbocycles. The number of nitrogens with one attached hydrogen (secondary N) is 1. The zero-order chi connectivity index (χ0) is 11.0. The molecule has 1 N–H and O–H groups in total. The normalized spacial score (nSPS) is 10.6. The molecule has 15 heavy (non-hydrogen) atoms. The van der Waals surface area contributed by atoms with E-state index in [-0.39, 0.29) is 5.97 Å². The van der Waals surface area contributed by atoms with Gasteiger partial charge in [-0.2, -0.15) is 0 Å². The van der Waals surface area contributed by atoms with Gasteiger partial charge in [0.1, 0.15) is 5.69 Å². The lowest BCUT2D eigenvalue weighted by Crippen LogP contribution is -2.00. The van der Waals surface area contributed by atoms with Gasteiger partial charge in [-0.15, -0.1) is 0 Å². The van der Waals surface area contributed by atoms with E-state index < -0.39 is 0 Å². The first-order valence-electron chi connectivity index (χ1n) is 4.49.